The van der Waals surface area contributed by atoms with Gasteiger partial charge in [0.2, 0.25) is 0 Å². The fraction of sp³-hybridized carbons (Fsp3) is 1.00. The molecule has 2 heterocycles. The average molecular weight is 447 g/mol. The molecule has 2 saturated heterocycles. The molecule has 1 spiro atoms. The molecule has 0 aromatic heterocycles. The molecule has 4 saturated carbocycles. The van der Waals surface area contributed by atoms with E-state index < -0.39 is 12.2 Å². The minimum absolute atomic E-state index is 0.172. The molecule has 0 amide bonds. The second kappa shape index (κ2) is 7.18. The van der Waals surface area contributed by atoms with Crippen LogP contribution in [-0.4, -0.2) is 40.9 Å². The van der Waals surface area contributed by atoms with E-state index in [0.29, 0.717) is 35.5 Å². The molecule has 6 rings (SSSR count). The number of hydrogen-bond acceptors (Lipinski definition) is 4. The highest BCUT2D eigenvalue weighted by Gasteiger charge is 2.71. The van der Waals surface area contributed by atoms with Crippen molar-refractivity contribution in [2.45, 2.75) is 110 Å². The van der Waals surface area contributed by atoms with Crippen molar-refractivity contribution in [3.8, 4) is 0 Å². The Kier molecular flexibility index (Phi) is 5.01. The zero-order valence-corrected chi connectivity index (χ0v) is 20.9. The summed E-state index contributed by atoms with van der Waals surface area (Å²) in [6.07, 6.45) is 8.33. The Morgan fingerprint density at radius 2 is 1.47 bits per heavy atom. The summed E-state index contributed by atoms with van der Waals surface area (Å²) in [5, 5.41) is 22.9. The van der Waals surface area contributed by atoms with Gasteiger partial charge in [0.25, 0.3) is 0 Å². The van der Waals surface area contributed by atoms with Crippen LogP contribution in [0.4, 0.5) is 0 Å². The van der Waals surface area contributed by atoms with Crippen LogP contribution >= 0.6 is 0 Å². The average Bonchev–Trinajstić information content (AvgIpc) is 3.20. The maximum atomic E-state index is 11.6. The minimum atomic E-state index is -0.581. The number of aliphatic hydroxyl groups excluding tert-OH is 2. The van der Waals surface area contributed by atoms with Crippen LogP contribution in [0, 0.1) is 58.2 Å². The number of fused-ring (bicyclic) bond motifs is 7. The quantitative estimate of drug-likeness (QED) is 0.549. The predicted molar refractivity (Wildman–Crippen MR) is 124 cm³/mol. The van der Waals surface area contributed by atoms with Gasteiger partial charge in [-0.05, 0) is 90.8 Å². The molecule has 0 radical (unpaired) electrons. The van der Waals surface area contributed by atoms with Gasteiger partial charge >= 0.3 is 0 Å². The molecule has 4 nitrogen and oxygen atoms in total. The highest BCUT2D eigenvalue weighted by atomic mass is 16.7. The molecule has 2 N–H and O–H groups in total. The first kappa shape index (κ1) is 22.3. The summed E-state index contributed by atoms with van der Waals surface area (Å²) in [7, 11) is 0. The van der Waals surface area contributed by atoms with E-state index >= 15 is 0 Å². The molecule has 4 heteroatoms. The van der Waals surface area contributed by atoms with E-state index in [1.165, 1.54) is 32.1 Å². The lowest BCUT2D eigenvalue weighted by atomic mass is 9.42. The topological polar surface area (TPSA) is 58.9 Å². The second-order valence-electron chi connectivity index (χ2n) is 13.8. The van der Waals surface area contributed by atoms with Gasteiger partial charge in [-0.3, -0.25) is 0 Å². The van der Waals surface area contributed by atoms with Crippen molar-refractivity contribution in [1.29, 1.82) is 0 Å². The summed E-state index contributed by atoms with van der Waals surface area (Å²) >= 11 is 0. The molecule has 32 heavy (non-hydrogen) atoms. The van der Waals surface area contributed by atoms with Crippen molar-refractivity contribution in [2.24, 2.45) is 58.2 Å². The van der Waals surface area contributed by atoms with E-state index in [0.717, 1.165) is 25.9 Å². The van der Waals surface area contributed by atoms with E-state index in [-0.39, 0.29) is 34.6 Å². The third kappa shape index (κ3) is 2.76. The van der Waals surface area contributed by atoms with Gasteiger partial charge in [0.05, 0.1) is 24.9 Å². The van der Waals surface area contributed by atoms with Crippen LogP contribution in [-0.2, 0) is 9.47 Å². The van der Waals surface area contributed by atoms with E-state index in [1.807, 2.05) is 0 Å². The number of rotatable bonds is 0. The van der Waals surface area contributed by atoms with Crippen molar-refractivity contribution in [1.82, 2.24) is 0 Å². The molecule has 0 aromatic rings. The summed E-state index contributed by atoms with van der Waals surface area (Å²) in [5.74, 6) is 3.25. The zero-order valence-electron chi connectivity index (χ0n) is 20.9. The largest absolute Gasteiger partial charge is 0.390 e. The summed E-state index contributed by atoms with van der Waals surface area (Å²) < 4.78 is 13.3. The maximum absolute atomic E-state index is 11.6. The van der Waals surface area contributed by atoms with Crippen LogP contribution in [0.25, 0.3) is 0 Å². The Balaban J connectivity index is 1.31. The second-order valence-corrected chi connectivity index (χ2v) is 13.8. The smallest absolute Gasteiger partial charge is 0.171 e. The highest BCUT2D eigenvalue weighted by molar-refractivity contribution is 5.17. The van der Waals surface area contributed by atoms with Gasteiger partial charge in [-0.2, -0.15) is 0 Å². The van der Waals surface area contributed by atoms with E-state index in [4.69, 9.17) is 9.47 Å². The van der Waals surface area contributed by atoms with Crippen molar-refractivity contribution in [2.75, 3.05) is 6.61 Å². The Morgan fingerprint density at radius 1 is 0.750 bits per heavy atom. The van der Waals surface area contributed by atoms with Crippen LogP contribution < -0.4 is 0 Å². The predicted octanol–water partition coefficient (Wildman–Crippen LogP) is 5.01. The molecule has 182 valence electrons. The minimum Gasteiger partial charge on any atom is -0.390 e. The van der Waals surface area contributed by atoms with Gasteiger partial charge in [0.15, 0.2) is 5.79 Å². The molecule has 2 aliphatic heterocycles. The molecule has 6 aliphatic rings. The molecule has 0 aromatic carbocycles. The number of ether oxygens (including phenoxy) is 2. The third-order valence-electron chi connectivity index (χ3n) is 12.3. The molecule has 6 fully saturated rings. The molecule has 3 unspecified atom stereocenters. The van der Waals surface area contributed by atoms with Gasteiger partial charge in [-0.25, -0.2) is 0 Å². The lowest BCUT2D eigenvalue weighted by molar-refractivity contribution is -0.275. The van der Waals surface area contributed by atoms with Crippen LogP contribution in [0.1, 0.15) is 86.0 Å². The summed E-state index contributed by atoms with van der Waals surface area (Å²) in [4.78, 5) is 0. The van der Waals surface area contributed by atoms with Crippen LogP contribution in [0.2, 0.25) is 0 Å². The standard InChI is InChI=1S/C28H46O4/c1-15-6-9-26(4)18-8-10-27(5)19(22(18)25(30)24(29)20(26)12-15)13-21-23(27)17(3)28(32-21)11-7-16(2)14-31-28/h15-25,29-30H,6-14H2,1-5H3/t15-,16?,17-,18-,19-,20+,21-,22?,23-,24+,25?,26+,27-,28+/m0/s1. The molecule has 14 atom stereocenters. The van der Waals surface area contributed by atoms with Crippen LogP contribution in [0.3, 0.4) is 0 Å². The van der Waals surface area contributed by atoms with Crippen molar-refractivity contribution in [3.63, 3.8) is 0 Å². The normalized spacial score (nSPS) is 64.0. The van der Waals surface area contributed by atoms with Gasteiger partial charge in [-0.1, -0.05) is 41.0 Å². The van der Waals surface area contributed by atoms with Gasteiger partial charge < -0.3 is 19.7 Å². The Bertz CT molecular complexity index is 746. The maximum Gasteiger partial charge on any atom is 0.171 e. The summed E-state index contributed by atoms with van der Waals surface area (Å²) in [6.45, 7) is 12.8. The number of aliphatic hydroxyl groups is 2. The first-order valence-corrected chi connectivity index (χ1v) is 13.8. The van der Waals surface area contributed by atoms with E-state index in [9.17, 15) is 10.2 Å². The van der Waals surface area contributed by atoms with E-state index in [1.54, 1.807) is 0 Å². The van der Waals surface area contributed by atoms with Crippen molar-refractivity contribution >= 4 is 0 Å². The van der Waals surface area contributed by atoms with E-state index in [2.05, 4.69) is 34.6 Å². The monoisotopic (exact) mass is 446 g/mol. The fourth-order valence-electron chi connectivity index (χ4n) is 10.5. The SMILES string of the molecule is CC1CC[C@@]2(OC1)O[C@H]1C[C@H]3C4C(O)[C@H](O)[C@H]5C[C@@H](C)CC[C@]5(C)[C@H]4CC[C@]3(C)[C@H]1[C@@H]2C. The molecule has 0 bridgehead atoms. The Labute approximate surface area is 194 Å². The lowest BCUT2D eigenvalue weighted by Gasteiger charge is -2.64. The van der Waals surface area contributed by atoms with Crippen LogP contribution in [0.5, 0.6) is 0 Å². The Morgan fingerprint density at radius 3 is 2.19 bits per heavy atom. The first-order valence-electron chi connectivity index (χ1n) is 13.8. The zero-order chi connectivity index (χ0) is 22.6. The highest BCUT2D eigenvalue weighted by Crippen LogP contribution is 2.71. The van der Waals surface area contributed by atoms with Gasteiger partial charge in [0.1, 0.15) is 0 Å². The first-order chi connectivity index (χ1) is 15.1. The van der Waals surface area contributed by atoms with Gasteiger partial charge in [-0.15, -0.1) is 0 Å². The van der Waals surface area contributed by atoms with Crippen molar-refractivity contribution in [3.05, 3.63) is 0 Å². The summed E-state index contributed by atoms with van der Waals surface area (Å²) in [6, 6.07) is 0. The number of hydrogen-bond donors (Lipinski definition) is 2. The lowest BCUT2D eigenvalue weighted by Crippen LogP contribution is -2.64. The molecular formula is C28H46O4. The van der Waals surface area contributed by atoms with Gasteiger partial charge in [0, 0.05) is 12.3 Å². The fourth-order valence-corrected chi connectivity index (χ4v) is 10.5. The molecule has 4 aliphatic carbocycles. The molecular weight excluding hydrogens is 400 g/mol. The third-order valence-corrected chi connectivity index (χ3v) is 12.3. The summed E-state index contributed by atoms with van der Waals surface area (Å²) in [5.41, 5.74) is 0.345. The van der Waals surface area contributed by atoms with Crippen LogP contribution in [0.15, 0.2) is 0 Å². The van der Waals surface area contributed by atoms with Crippen molar-refractivity contribution < 1.29 is 19.7 Å². The Hall–Kier alpha value is -0.160.